The summed E-state index contributed by atoms with van der Waals surface area (Å²) < 4.78 is 8.42. The summed E-state index contributed by atoms with van der Waals surface area (Å²) >= 11 is 0. The third-order valence-electron chi connectivity index (χ3n) is 10.3. The Morgan fingerprint density at radius 2 is 1.02 bits per heavy atom. The van der Waals surface area contributed by atoms with Crippen LogP contribution < -0.4 is 0 Å². The van der Waals surface area contributed by atoms with Crippen molar-refractivity contribution >= 4 is 54.5 Å². The Hall–Kier alpha value is -7.44. The van der Waals surface area contributed by atoms with E-state index in [0.717, 1.165) is 65.6 Å². The lowest BCUT2D eigenvalue weighted by molar-refractivity contribution is 0.668. The van der Waals surface area contributed by atoms with Crippen molar-refractivity contribution in [3.63, 3.8) is 0 Å². The molecule has 0 unspecified atom stereocenters. The molecule has 0 atom stereocenters. The van der Waals surface area contributed by atoms with Crippen LogP contribution in [-0.4, -0.2) is 24.5 Å². The first-order chi connectivity index (χ1) is 26.7. The predicted octanol–water partition coefficient (Wildman–Crippen LogP) is 12.1. The summed E-state index contributed by atoms with van der Waals surface area (Å²) in [4.78, 5) is 20.5. The summed E-state index contributed by atoms with van der Waals surface area (Å²) in [6.07, 6.45) is 1.76. The van der Waals surface area contributed by atoms with E-state index in [1.165, 1.54) is 16.7 Å². The van der Waals surface area contributed by atoms with Gasteiger partial charge in [-0.15, -0.1) is 0 Å². The second kappa shape index (κ2) is 12.1. The highest BCUT2D eigenvalue weighted by Gasteiger charge is 2.21. The summed E-state index contributed by atoms with van der Waals surface area (Å²) in [6, 6.07) is 58.9. The van der Waals surface area contributed by atoms with E-state index in [1.54, 1.807) is 6.20 Å². The van der Waals surface area contributed by atoms with Gasteiger partial charge in [-0.3, -0.25) is 9.55 Å². The number of hydrogen-bond donors (Lipinski definition) is 0. The van der Waals surface area contributed by atoms with E-state index in [0.29, 0.717) is 23.3 Å². The first kappa shape index (κ1) is 30.2. The standard InChI is InChI=1S/C48H29N5O/c1-3-11-30(12-4-1)32-19-20-34-28-36(22-21-33(34)27-32)46-50-47(45-44-38-16-8-10-18-42(38)54-43(44)25-26-49-45)52-48(51-46)53-40-17-9-7-15-37(40)39-29-35(23-24-41(39)53)31-13-5-2-6-14-31/h1-29H. The molecule has 0 aliphatic heterocycles. The van der Waals surface area contributed by atoms with Gasteiger partial charge >= 0.3 is 0 Å². The van der Waals surface area contributed by atoms with Crippen LogP contribution in [0, 0.1) is 0 Å². The zero-order valence-electron chi connectivity index (χ0n) is 28.9. The average Bonchev–Trinajstić information content (AvgIpc) is 3.79. The molecule has 6 nitrogen and oxygen atoms in total. The molecule has 0 bridgehead atoms. The Morgan fingerprint density at radius 1 is 0.407 bits per heavy atom. The van der Waals surface area contributed by atoms with Gasteiger partial charge in [0.2, 0.25) is 5.95 Å². The second-order valence-electron chi connectivity index (χ2n) is 13.5. The molecule has 6 heteroatoms. The Labute approximate surface area is 309 Å². The molecule has 0 radical (unpaired) electrons. The number of pyridine rings is 1. The number of hydrogen-bond acceptors (Lipinski definition) is 5. The SMILES string of the molecule is c1ccc(-c2ccc3cc(-c4nc(-c5nccc6oc7ccccc7c56)nc(-n5c6ccccc6c6cc(-c7ccccc7)ccc65)n4)ccc3c2)cc1. The topological polar surface area (TPSA) is 69.6 Å². The van der Waals surface area contributed by atoms with Crippen molar-refractivity contribution < 1.29 is 4.42 Å². The van der Waals surface area contributed by atoms with Crippen LogP contribution in [0.1, 0.15) is 0 Å². The van der Waals surface area contributed by atoms with Crippen LogP contribution in [-0.2, 0) is 0 Å². The zero-order chi connectivity index (χ0) is 35.6. The number of aromatic nitrogens is 5. The van der Waals surface area contributed by atoms with Gasteiger partial charge in [-0.2, -0.15) is 9.97 Å². The third kappa shape index (κ3) is 4.89. The minimum atomic E-state index is 0.471. The Bertz CT molecular complexity index is 3220. The van der Waals surface area contributed by atoms with Crippen molar-refractivity contribution in [2.75, 3.05) is 0 Å². The first-order valence-electron chi connectivity index (χ1n) is 18.0. The van der Waals surface area contributed by atoms with E-state index < -0.39 is 0 Å². The number of benzene rings is 7. The van der Waals surface area contributed by atoms with Crippen LogP contribution in [0.25, 0.3) is 106 Å². The summed E-state index contributed by atoms with van der Waals surface area (Å²) in [5, 5.41) is 6.32. The van der Waals surface area contributed by atoms with Crippen LogP contribution in [0.3, 0.4) is 0 Å². The number of furan rings is 1. The molecule has 7 aromatic carbocycles. The molecule has 0 saturated heterocycles. The van der Waals surface area contributed by atoms with E-state index >= 15 is 0 Å². The molecule has 54 heavy (non-hydrogen) atoms. The van der Waals surface area contributed by atoms with Crippen molar-refractivity contribution in [1.82, 2.24) is 24.5 Å². The molecule has 0 saturated carbocycles. The van der Waals surface area contributed by atoms with E-state index in [2.05, 4.69) is 138 Å². The fourth-order valence-corrected chi connectivity index (χ4v) is 7.73. The molecular formula is C48H29N5O. The van der Waals surface area contributed by atoms with Gasteiger partial charge in [-0.25, -0.2) is 4.98 Å². The molecule has 0 amide bonds. The zero-order valence-corrected chi connectivity index (χ0v) is 28.9. The van der Waals surface area contributed by atoms with Gasteiger partial charge in [0.25, 0.3) is 0 Å². The van der Waals surface area contributed by atoms with Crippen molar-refractivity contribution in [2.45, 2.75) is 0 Å². The molecule has 11 aromatic rings. The summed E-state index contributed by atoms with van der Waals surface area (Å²) in [5.74, 6) is 1.54. The molecule has 0 spiro atoms. The molecule has 4 heterocycles. The highest BCUT2D eigenvalue weighted by Crippen LogP contribution is 2.38. The van der Waals surface area contributed by atoms with E-state index in [1.807, 2.05) is 36.4 Å². The van der Waals surface area contributed by atoms with Gasteiger partial charge < -0.3 is 4.42 Å². The van der Waals surface area contributed by atoms with Crippen LogP contribution in [0.15, 0.2) is 180 Å². The predicted molar refractivity (Wildman–Crippen MR) is 218 cm³/mol. The lowest BCUT2D eigenvalue weighted by Gasteiger charge is -2.12. The van der Waals surface area contributed by atoms with Crippen LogP contribution in [0.4, 0.5) is 0 Å². The molecular weight excluding hydrogens is 663 g/mol. The van der Waals surface area contributed by atoms with Gasteiger partial charge in [-0.05, 0) is 75.5 Å². The lowest BCUT2D eigenvalue weighted by atomic mass is 10.00. The maximum absolute atomic E-state index is 6.27. The van der Waals surface area contributed by atoms with Crippen molar-refractivity contribution in [2.24, 2.45) is 0 Å². The maximum atomic E-state index is 6.27. The monoisotopic (exact) mass is 691 g/mol. The Kier molecular flexibility index (Phi) is 6.75. The van der Waals surface area contributed by atoms with Crippen LogP contribution in [0.2, 0.25) is 0 Å². The first-order valence-corrected chi connectivity index (χ1v) is 18.0. The minimum absolute atomic E-state index is 0.471. The largest absolute Gasteiger partial charge is 0.456 e. The molecule has 0 N–H and O–H groups in total. The van der Waals surface area contributed by atoms with Crippen LogP contribution >= 0.6 is 0 Å². The normalized spacial score (nSPS) is 11.7. The summed E-state index contributed by atoms with van der Waals surface area (Å²) in [7, 11) is 0. The fourth-order valence-electron chi connectivity index (χ4n) is 7.73. The quantitative estimate of drug-likeness (QED) is 0.180. The van der Waals surface area contributed by atoms with E-state index in [4.69, 9.17) is 24.4 Å². The highest BCUT2D eigenvalue weighted by molar-refractivity contribution is 6.12. The Balaban J connectivity index is 1.16. The lowest BCUT2D eigenvalue weighted by Crippen LogP contribution is -2.07. The summed E-state index contributed by atoms with van der Waals surface area (Å²) in [6.45, 7) is 0. The molecule has 252 valence electrons. The minimum Gasteiger partial charge on any atom is -0.456 e. The van der Waals surface area contributed by atoms with Gasteiger partial charge in [0.15, 0.2) is 11.6 Å². The number of rotatable bonds is 5. The summed E-state index contributed by atoms with van der Waals surface area (Å²) in [5.41, 5.74) is 9.74. The molecule has 0 fully saturated rings. The molecule has 0 aliphatic rings. The Morgan fingerprint density at radius 3 is 1.81 bits per heavy atom. The van der Waals surface area contributed by atoms with Crippen molar-refractivity contribution in [3.8, 4) is 51.1 Å². The van der Waals surface area contributed by atoms with E-state index in [9.17, 15) is 0 Å². The third-order valence-corrected chi connectivity index (χ3v) is 10.3. The van der Waals surface area contributed by atoms with Gasteiger partial charge in [0.1, 0.15) is 16.9 Å². The van der Waals surface area contributed by atoms with Crippen molar-refractivity contribution in [1.29, 1.82) is 0 Å². The van der Waals surface area contributed by atoms with Crippen molar-refractivity contribution in [3.05, 3.63) is 176 Å². The van der Waals surface area contributed by atoms with Gasteiger partial charge in [0.05, 0.1) is 16.4 Å². The van der Waals surface area contributed by atoms with E-state index in [-0.39, 0.29) is 0 Å². The second-order valence-corrected chi connectivity index (χ2v) is 13.5. The molecule has 4 aromatic heterocycles. The van der Waals surface area contributed by atoms with Gasteiger partial charge in [-0.1, -0.05) is 127 Å². The smallest absolute Gasteiger partial charge is 0.238 e. The van der Waals surface area contributed by atoms with Crippen LogP contribution in [0.5, 0.6) is 0 Å². The highest BCUT2D eigenvalue weighted by atomic mass is 16.3. The average molecular weight is 692 g/mol. The van der Waals surface area contributed by atoms with Gasteiger partial charge in [0, 0.05) is 27.9 Å². The fraction of sp³-hybridized carbons (Fsp3) is 0. The number of nitrogens with zero attached hydrogens (tertiary/aromatic N) is 5. The number of fused-ring (bicyclic) bond motifs is 7. The molecule has 0 aliphatic carbocycles. The number of para-hydroxylation sites is 2. The molecule has 11 rings (SSSR count). The maximum Gasteiger partial charge on any atom is 0.238 e.